The molecule has 0 heterocycles. The van der Waals surface area contributed by atoms with Crippen LogP contribution < -0.4 is 15.8 Å². The first kappa shape index (κ1) is 19.5. The molecule has 0 saturated heterocycles. The Morgan fingerprint density at radius 2 is 1.81 bits per heavy atom. The fraction of sp³-hybridized carbons (Fsp3) is 0.222. The van der Waals surface area contributed by atoms with Gasteiger partial charge in [-0.05, 0) is 29.8 Å². The number of nitrogens with one attached hydrogen (secondary N) is 1. The van der Waals surface area contributed by atoms with Gasteiger partial charge in [0.05, 0.1) is 12.5 Å². The fourth-order valence-electron chi connectivity index (χ4n) is 2.21. The van der Waals surface area contributed by atoms with E-state index in [0.717, 1.165) is 0 Å². The molecule has 0 bridgehead atoms. The first-order valence-electron chi connectivity index (χ1n) is 7.80. The van der Waals surface area contributed by atoms with Gasteiger partial charge in [0.1, 0.15) is 13.2 Å². The van der Waals surface area contributed by atoms with Crippen molar-refractivity contribution in [3.05, 3.63) is 64.9 Å². The number of halogens is 2. The van der Waals surface area contributed by atoms with Crippen molar-refractivity contribution in [1.82, 2.24) is 5.32 Å². The second-order valence-corrected chi connectivity index (χ2v) is 5.75. The number of hydrogen-bond acceptors (Lipinski definition) is 4. The molecule has 1 unspecified atom stereocenters. The normalized spacial score (nSPS) is 11.5. The fourth-order valence-corrected chi connectivity index (χ4v) is 2.34. The van der Waals surface area contributed by atoms with Gasteiger partial charge in [0.2, 0.25) is 0 Å². The summed E-state index contributed by atoms with van der Waals surface area (Å²) in [5.74, 6) is -0.971. The molecule has 0 spiro atoms. The smallest absolute Gasteiger partial charge is 0.312 e. The van der Waals surface area contributed by atoms with Gasteiger partial charge < -0.3 is 20.5 Å². The highest BCUT2D eigenvalue weighted by Crippen LogP contribution is 2.20. The van der Waals surface area contributed by atoms with E-state index in [9.17, 15) is 14.0 Å². The van der Waals surface area contributed by atoms with Crippen molar-refractivity contribution in [1.29, 1.82) is 0 Å². The zero-order valence-corrected chi connectivity index (χ0v) is 14.5. The van der Waals surface area contributed by atoms with Crippen LogP contribution in [0.3, 0.4) is 0 Å². The molecule has 3 N–H and O–H groups in total. The number of nitrogens with two attached hydrogens (primary N) is 1. The first-order valence-corrected chi connectivity index (χ1v) is 8.18. The van der Waals surface area contributed by atoms with E-state index in [-0.39, 0.29) is 25.4 Å². The van der Waals surface area contributed by atoms with Crippen molar-refractivity contribution in [2.24, 2.45) is 5.73 Å². The number of carbonyl (C=O) groups excluding carboxylic acids is 2. The Kier molecular flexibility index (Phi) is 7.23. The number of amides is 2. The predicted molar refractivity (Wildman–Crippen MR) is 94.4 cm³/mol. The van der Waals surface area contributed by atoms with Crippen molar-refractivity contribution in [2.75, 3.05) is 13.2 Å². The van der Waals surface area contributed by atoms with Crippen LogP contribution in [0.1, 0.15) is 18.0 Å². The minimum absolute atomic E-state index is 0.00152. The lowest BCUT2D eigenvalue weighted by Crippen LogP contribution is -2.34. The minimum Gasteiger partial charge on any atom is -0.487 e. The third kappa shape index (κ3) is 6.25. The molecule has 0 fully saturated rings. The van der Waals surface area contributed by atoms with Crippen molar-refractivity contribution >= 4 is 23.6 Å². The number of ether oxygens (including phenoxy) is 2. The Morgan fingerprint density at radius 1 is 1.12 bits per heavy atom. The monoisotopic (exact) mass is 380 g/mol. The molecule has 26 heavy (non-hydrogen) atoms. The number of rotatable bonds is 8. The van der Waals surface area contributed by atoms with Gasteiger partial charge in [0, 0.05) is 5.02 Å². The Labute approximate surface area is 155 Å². The molecule has 0 aliphatic rings. The molecule has 0 aliphatic heterocycles. The number of para-hydroxylation sites is 1. The van der Waals surface area contributed by atoms with E-state index in [2.05, 4.69) is 5.32 Å². The van der Waals surface area contributed by atoms with Gasteiger partial charge in [-0.2, -0.15) is 0 Å². The number of urea groups is 1. The third-order valence-corrected chi connectivity index (χ3v) is 3.65. The van der Waals surface area contributed by atoms with Gasteiger partial charge in [0.15, 0.2) is 11.6 Å². The van der Waals surface area contributed by atoms with E-state index in [4.69, 9.17) is 26.8 Å². The van der Waals surface area contributed by atoms with Crippen LogP contribution in [0.15, 0.2) is 48.5 Å². The van der Waals surface area contributed by atoms with Crippen LogP contribution in [0.2, 0.25) is 5.02 Å². The molecule has 0 aliphatic carbocycles. The quantitative estimate of drug-likeness (QED) is 0.543. The highest BCUT2D eigenvalue weighted by Gasteiger charge is 2.18. The van der Waals surface area contributed by atoms with E-state index in [1.807, 2.05) is 0 Å². The summed E-state index contributed by atoms with van der Waals surface area (Å²) < 4.78 is 23.6. The second kappa shape index (κ2) is 9.62. The lowest BCUT2D eigenvalue weighted by molar-refractivity contribution is -0.144. The van der Waals surface area contributed by atoms with Crippen LogP contribution in [0.5, 0.6) is 5.75 Å². The average molecular weight is 381 g/mol. The topological polar surface area (TPSA) is 90.7 Å². The standard InChI is InChI=1S/C18H18ClFN2O4/c19-13-7-5-12(6-8-13)15(22-18(21)24)11-17(23)26-10-9-25-16-4-2-1-3-14(16)20/h1-8,15H,9-11H2,(H3,21,22,24). The van der Waals surface area contributed by atoms with Gasteiger partial charge in [-0.1, -0.05) is 35.9 Å². The van der Waals surface area contributed by atoms with E-state index < -0.39 is 23.9 Å². The summed E-state index contributed by atoms with van der Waals surface area (Å²) in [6, 6.07) is 11.2. The number of esters is 1. The molecule has 0 radical (unpaired) electrons. The number of primary amides is 1. The molecule has 0 saturated carbocycles. The van der Waals surface area contributed by atoms with Crippen molar-refractivity contribution in [3.63, 3.8) is 0 Å². The minimum atomic E-state index is -0.763. The Balaban J connectivity index is 1.84. The summed E-state index contributed by atoms with van der Waals surface area (Å²) in [5.41, 5.74) is 5.81. The third-order valence-electron chi connectivity index (χ3n) is 3.40. The molecule has 138 valence electrons. The second-order valence-electron chi connectivity index (χ2n) is 5.32. The van der Waals surface area contributed by atoms with Gasteiger partial charge in [-0.3, -0.25) is 4.79 Å². The van der Waals surface area contributed by atoms with Crippen LogP contribution >= 0.6 is 11.6 Å². The maximum absolute atomic E-state index is 13.4. The van der Waals surface area contributed by atoms with Crippen LogP contribution in [0.4, 0.5) is 9.18 Å². The molecule has 2 rings (SSSR count). The first-order chi connectivity index (χ1) is 12.5. The zero-order valence-electron chi connectivity index (χ0n) is 13.8. The van der Waals surface area contributed by atoms with Gasteiger partial charge in [-0.25, -0.2) is 9.18 Å². The van der Waals surface area contributed by atoms with E-state index >= 15 is 0 Å². The molecule has 8 heteroatoms. The van der Waals surface area contributed by atoms with Crippen LogP contribution in [0.25, 0.3) is 0 Å². The number of benzene rings is 2. The molecule has 1 atom stereocenters. The Hall–Kier alpha value is -2.80. The van der Waals surface area contributed by atoms with Crippen molar-refractivity contribution < 1.29 is 23.5 Å². The summed E-state index contributed by atoms with van der Waals surface area (Å²) >= 11 is 5.83. The molecule has 2 amide bonds. The van der Waals surface area contributed by atoms with Gasteiger partial charge in [-0.15, -0.1) is 0 Å². The van der Waals surface area contributed by atoms with Crippen LogP contribution in [-0.2, 0) is 9.53 Å². The van der Waals surface area contributed by atoms with Crippen LogP contribution in [-0.4, -0.2) is 25.2 Å². The summed E-state index contributed by atoms with van der Waals surface area (Å²) in [4.78, 5) is 23.1. The average Bonchev–Trinajstić information content (AvgIpc) is 2.60. The largest absolute Gasteiger partial charge is 0.487 e. The summed E-state index contributed by atoms with van der Waals surface area (Å²) in [7, 11) is 0. The SMILES string of the molecule is NC(=O)NC(CC(=O)OCCOc1ccccc1F)c1ccc(Cl)cc1. The highest BCUT2D eigenvalue weighted by atomic mass is 35.5. The van der Waals surface area contributed by atoms with E-state index in [0.29, 0.717) is 10.6 Å². The summed E-state index contributed by atoms with van der Waals surface area (Å²) in [5, 5.41) is 3.01. The molecule has 2 aromatic carbocycles. The number of carbonyl (C=O) groups is 2. The predicted octanol–water partition coefficient (Wildman–Crippen LogP) is 3.20. The maximum atomic E-state index is 13.4. The Bertz CT molecular complexity index is 755. The molecule has 2 aromatic rings. The molecule has 6 nitrogen and oxygen atoms in total. The number of hydrogen-bond donors (Lipinski definition) is 2. The molecular formula is C18H18ClFN2O4. The van der Waals surface area contributed by atoms with Crippen molar-refractivity contribution in [2.45, 2.75) is 12.5 Å². The molecular weight excluding hydrogens is 363 g/mol. The lowest BCUT2D eigenvalue weighted by atomic mass is 10.0. The zero-order chi connectivity index (χ0) is 18.9. The van der Waals surface area contributed by atoms with Gasteiger partial charge in [0.25, 0.3) is 0 Å². The summed E-state index contributed by atoms with van der Waals surface area (Å²) in [6.45, 7) is -0.0569. The van der Waals surface area contributed by atoms with E-state index in [1.165, 1.54) is 12.1 Å². The highest BCUT2D eigenvalue weighted by molar-refractivity contribution is 6.30. The lowest BCUT2D eigenvalue weighted by Gasteiger charge is -2.17. The van der Waals surface area contributed by atoms with Crippen molar-refractivity contribution in [3.8, 4) is 5.75 Å². The van der Waals surface area contributed by atoms with E-state index in [1.54, 1.807) is 36.4 Å². The maximum Gasteiger partial charge on any atom is 0.312 e. The van der Waals surface area contributed by atoms with Crippen LogP contribution in [0, 0.1) is 5.82 Å². The Morgan fingerprint density at radius 3 is 2.46 bits per heavy atom. The summed E-state index contributed by atoms with van der Waals surface area (Å²) in [6.07, 6.45) is -0.121. The molecule has 0 aromatic heterocycles. The van der Waals surface area contributed by atoms with Gasteiger partial charge >= 0.3 is 12.0 Å².